The summed E-state index contributed by atoms with van der Waals surface area (Å²) in [6.45, 7) is 1.32. The van der Waals surface area contributed by atoms with Crippen molar-refractivity contribution < 1.29 is 22.7 Å². The molecule has 0 saturated carbocycles. The number of sulfonamides is 1. The van der Waals surface area contributed by atoms with Crippen LogP contribution in [0.25, 0.3) is 6.08 Å². The van der Waals surface area contributed by atoms with Crippen LogP contribution in [0, 0.1) is 0 Å². The van der Waals surface area contributed by atoms with Gasteiger partial charge in [0.05, 0.1) is 0 Å². The predicted octanol–water partition coefficient (Wildman–Crippen LogP) is 1.73. The van der Waals surface area contributed by atoms with Gasteiger partial charge in [0.25, 0.3) is 5.91 Å². The average molecular weight is 388 g/mol. The Balaban J connectivity index is 2.03. The molecule has 8 heteroatoms. The standard InChI is InChI=1S/C19H20N2O5S/c1-14(21-27(24,25)13-12-15-8-4-2-5-9-15)19(23)26-17(18(20)22)16-10-6-3-7-11-16/h2-14,17,21H,1H3,(H2,20,22)/b13-12-/t14-,17-/m0/s1. The van der Waals surface area contributed by atoms with Gasteiger partial charge in [0.2, 0.25) is 16.1 Å². The van der Waals surface area contributed by atoms with Crippen molar-refractivity contribution in [3.8, 4) is 0 Å². The quantitative estimate of drug-likeness (QED) is 0.668. The number of hydrogen-bond acceptors (Lipinski definition) is 5. The third-order valence-corrected chi connectivity index (χ3v) is 4.71. The number of rotatable bonds is 8. The molecule has 27 heavy (non-hydrogen) atoms. The van der Waals surface area contributed by atoms with Crippen LogP contribution in [0.15, 0.2) is 66.1 Å². The first-order valence-corrected chi connectivity index (χ1v) is 9.63. The van der Waals surface area contributed by atoms with E-state index in [2.05, 4.69) is 4.72 Å². The highest BCUT2D eigenvalue weighted by Crippen LogP contribution is 2.17. The minimum atomic E-state index is -3.89. The van der Waals surface area contributed by atoms with Crippen LogP contribution in [0.3, 0.4) is 0 Å². The number of ether oxygens (including phenoxy) is 1. The molecule has 0 aliphatic rings. The van der Waals surface area contributed by atoms with Crippen LogP contribution in [0.1, 0.15) is 24.2 Å². The molecule has 2 aromatic rings. The number of nitrogens with two attached hydrogens (primary N) is 1. The molecule has 0 heterocycles. The van der Waals surface area contributed by atoms with E-state index in [1.54, 1.807) is 54.6 Å². The van der Waals surface area contributed by atoms with Crippen LogP contribution in [-0.2, 0) is 24.3 Å². The third kappa shape index (κ3) is 6.36. The Labute approximate surface area is 157 Å². The fourth-order valence-electron chi connectivity index (χ4n) is 2.20. The van der Waals surface area contributed by atoms with Crippen LogP contribution in [0.5, 0.6) is 0 Å². The van der Waals surface area contributed by atoms with Crippen molar-refractivity contribution in [3.05, 3.63) is 77.2 Å². The number of nitrogens with one attached hydrogen (secondary N) is 1. The maximum Gasteiger partial charge on any atom is 0.325 e. The van der Waals surface area contributed by atoms with Gasteiger partial charge in [-0.1, -0.05) is 60.7 Å². The summed E-state index contributed by atoms with van der Waals surface area (Å²) in [5.41, 5.74) is 6.38. The molecule has 0 fully saturated rings. The molecule has 0 saturated heterocycles. The SMILES string of the molecule is C[C@H](NS(=O)(=O)/C=C\c1ccccc1)C(=O)O[C@H](C(N)=O)c1ccccc1. The largest absolute Gasteiger partial charge is 0.446 e. The molecule has 142 valence electrons. The first kappa shape index (κ1) is 20.3. The Bertz CT molecular complexity index is 912. The molecule has 2 atom stereocenters. The average Bonchev–Trinajstić information content (AvgIpc) is 2.65. The van der Waals surface area contributed by atoms with Gasteiger partial charge in [-0.25, -0.2) is 8.42 Å². The molecule has 0 radical (unpaired) electrons. The lowest BCUT2D eigenvalue weighted by Crippen LogP contribution is -2.40. The number of carbonyl (C=O) groups excluding carboxylic acids is 2. The summed E-state index contributed by atoms with van der Waals surface area (Å²) in [5, 5.41) is 0.953. The molecule has 0 aromatic heterocycles. The summed E-state index contributed by atoms with van der Waals surface area (Å²) in [6, 6.07) is 15.9. The van der Waals surface area contributed by atoms with Crippen LogP contribution in [0.2, 0.25) is 0 Å². The zero-order chi connectivity index (χ0) is 19.9. The smallest absolute Gasteiger partial charge is 0.325 e. The van der Waals surface area contributed by atoms with E-state index in [4.69, 9.17) is 10.5 Å². The van der Waals surface area contributed by atoms with E-state index in [1.165, 1.54) is 13.0 Å². The summed E-state index contributed by atoms with van der Waals surface area (Å²) < 4.78 is 31.5. The molecule has 2 aromatic carbocycles. The fourth-order valence-corrected chi connectivity index (χ4v) is 3.21. The van der Waals surface area contributed by atoms with Gasteiger partial charge in [-0.05, 0) is 18.6 Å². The van der Waals surface area contributed by atoms with E-state index < -0.39 is 34.0 Å². The van der Waals surface area contributed by atoms with E-state index in [1.807, 2.05) is 6.07 Å². The lowest BCUT2D eigenvalue weighted by molar-refractivity contribution is -0.156. The summed E-state index contributed by atoms with van der Waals surface area (Å²) in [4.78, 5) is 23.8. The summed E-state index contributed by atoms with van der Waals surface area (Å²) >= 11 is 0. The molecular formula is C19H20N2O5S. The zero-order valence-corrected chi connectivity index (χ0v) is 15.4. The minimum absolute atomic E-state index is 0.400. The number of hydrogen-bond donors (Lipinski definition) is 2. The maximum atomic E-state index is 12.2. The van der Waals surface area contributed by atoms with Crippen LogP contribution in [-0.4, -0.2) is 26.3 Å². The number of primary amides is 1. The zero-order valence-electron chi connectivity index (χ0n) is 14.6. The topological polar surface area (TPSA) is 116 Å². The molecule has 0 aliphatic carbocycles. The van der Waals surface area contributed by atoms with Crippen molar-refractivity contribution in [1.82, 2.24) is 4.72 Å². The molecule has 3 N–H and O–H groups in total. The van der Waals surface area contributed by atoms with E-state index >= 15 is 0 Å². The van der Waals surface area contributed by atoms with Crippen molar-refractivity contribution in [1.29, 1.82) is 0 Å². The van der Waals surface area contributed by atoms with Gasteiger partial charge in [0.15, 0.2) is 0 Å². The van der Waals surface area contributed by atoms with Crippen molar-refractivity contribution in [2.75, 3.05) is 0 Å². The fraction of sp³-hybridized carbons (Fsp3) is 0.158. The number of esters is 1. The highest BCUT2D eigenvalue weighted by atomic mass is 32.2. The van der Waals surface area contributed by atoms with Crippen molar-refractivity contribution in [2.45, 2.75) is 19.1 Å². The summed E-state index contributed by atoms with van der Waals surface area (Å²) in [7, 11) is -3.89. The second-order valence-corrected chi connectivity index (χ2v) is 7.33. The van der Waals surface area contributed by atoms with Gasteiger partial charge in [-0.15, -0.1) is 0 Å². The Morgan fingerprint density at radius 2 is 1.59 bits per heavy atom. The minimum Gasteiger partial charge on any atom is -0.446 e. The van der Waals surface area contributed by atoms with Gasteiger partial charge in [0.1, 0.15) is 6.04 Å². The molecular weight excluding hydrogens is 368 g/mol. The Morgan fingerprint density at radius 3 is 2.15 bits per heavy atom. The number of carbonyl (C=O) groups is 2. The Morgan fingerprint density at radius 1 is 1.04 bits per heavy atom. The van der Waals surface area contributed by atoms with Crippen LogP contribution < -0.4 is 10.5 Å². The van der Waals surface area contributed by atoms with Gasteiger partial charge >= 0.3 is 5.97 Å². The van der Waals surface area contributed by atoms with Gasteiger partial charge in [-0.2, -0.15) is 4.72 Å². The maximum absolute atomic E-state index is 12.2. The lowest BCUT2D eigenvalue weighted by atomic mass is 10.1. The van der Waals surface area contributed by atoms with E-state index in [9.17, 15) is 18.0 Å². The molecule has 0 aliphatic heterocycles. The molecule has 7 nitrogen and oxygen atoms in total. The first-order valence-electron chi connectivity index (χ1n) is 8.09. The summed E-state index contributed by atoms with van der Waals surface area (Å²) in [6.07, 6.45) is 0.0989. The first-order chi connectivity index (χ1) is 12.8. The second-order valence-electron chi connectivity index (χ2n) is 5.73. The normalized spacial score (nSPS) is 13.8. The predicted molar refractivity (Wildman–Crippen MR) is 101 cm³/mol. The van der Waals surface area contributed by atoms with Gasteiger partial charge in [0, 0.05) is 11.0 Å². The molecule has 0 spiro atoms. The third-order valence-electron chi connectivity index (χ3n) is 3.53. The van der Waals surface area contributed by atoms with Gasteiger partial charge in [-0.3, -0.25) is 9.59 Å². The van der Waals surface area contributed by atoms with E-state index in [-0.39, 0.29) is 0 Å². The van der Waals surface area contributed by atoms with Gasteiger partial charge < -0.3 is 10.5 Å². The Kier molecular flexibility index (Phi) is 6.86. The van der Waals surface area contributed by atoms with Crippen molar-refractivity contribution in [2.24, 2.45) is 5.73 Å². The van der Waals surface area contributed by atoms with E-state index in [0.717, 1.165) is 5.41 Å². The van der Waals surface area contributed by atoms with E-state index in [0.29, 0.717) is 11.1 Å². The van der Waals surface area contributed by atoms with Crippen LogP contribution in [0.4, 0.5) is 0 Å². The summed E-state index contributed by atoms with van der Waals surface area (Å²) in [5.74, 6) is -1.77. The lowest BCUT2D eigenvalue weighted by Gasteiger charge is -2.18. The highest BCUT2D eigenvalue weighted by Gasteiger charge is 2.27. The molecule has 0 unspecified atom stereocenters. The molecule has 2 rings (SSSR count). The van der Waals surface area contributed by atoms with Crippen molar-refractivity contribution in [3.63, 3.8) is 0 Å². The molecule has 1 amide bonds. The monoisotopic (exact) mass is 388 g/mol. The molecule has 0 bridgehead atoms. The Hall–Kier alpha value is -2.97. The number of amides is 1. The van der Waals surface area contributed by atoms with Crippen molar-refractivity contribution >= 4 is 28.0 Å². The number of benzene rings is 2. The second kappa shape index (κ2) is 9.11. The van der Waals surface area contributed by atoms with Crippen LogP contribution >= 0.6 is 0 Å². The highest BCUT2D eigenvalue weighted by molar-refractivity contribution is 7.92.